The molecule has 1 aromatic heterocycles. The lowest BCUT2D eigenvalue weighted by Crippen LogP contribution is -2.07. The SMILES string of the molecule is C=C(/C=C\C(=C)C(C)CCC)NC=O.CC.CN1Cc2cc(F)cnc2C1. The Bertz CT molecular complexity index is 640. The first kappa shape index (κ1) is 24.7. The van der Waals surface area contributed by atoms with E-state index in [-0.39, 0.29) is 5.82 Å². The molecule has 1 amide bonds. The van der Waals surface area contributed by atoms with Gasteiger partial charge < -0.3 is 5.32 Å². The normalized spacial score (nSPS) is 13.6. The quantitative estimate of drug-likeness (QED) is 0.539. The Balaban J connectivity index is 0.000000465. The second-order valence-electron chi connectivity index (χ2n) is 6.32. The fourth-order valence-electron chi connectivity index (χ4n) is 2.51. The highest BCUT2D eigenvalue weighted by Crippen LogP contribution is 2.19. The van der Waals surface area contributed by atoms with Gasteiger partial charge in [0, 0.05) is 18.8 Å². The lowest BCUT2D eigenvalue weighted by Gasteiger charge is -2.09. The van der Waals surface area contributed by atoms with Crippen LogP contribution in [0.5, 0.6) is 0 Å². The van der Waals surface area contributed by atoms with Crippen LogP contribution in [-0.4, -0.2) is 23.3 Å². The number of aromatic nitrogens is 1. The smallest absolute Gasteiger partial charge is 0.211 e. The van der Waals surface area contributed by atoms with Gasteiger partial charge in [-0.3, -0.25) is 14.7 Å². The van der Waals surface area contributed by atoms with Crippen molar-refractivity contribution in [2.24, 2.45) is 5.92 Å². The maximum atomic E-state index is 12.6. The molecule has 0 saturated heterocycles. The van der Waals surface area contributed by atoms with Crippen molar-refractivity contribution in [3.05, 3.63) is 65.9 Å². The van der Waals surface area contributed by atoms with E-state index in [1.807, 2.05) is 27.0 Å². The molecular weight excluding hydrogens is 341 g/mol. The van der Waals surface area contributed by atoms with Crippen molar-refractivity contribution < 1.29 is 9.18 Å². The number of hydrogen-bond donors (Lipinski definition) is 1. The van der Waals surface area contributed by atoms with Crippen molar-refractivity contribution >= 4 is 6.41 Å². The molecular formula is C22H34FN3O. The van der Waals surface area contributed by atoms with Gasteiger partial charge >= 0.3 is 0 Å². The van der Waals surface area contributed by atoms with Crippen molar-refractivity contribution in [3.63, 3.8) is 0 Å². The van der Waals surface area contributed by atoms with Crippen LogP contribution in [0.15, 0.2) is 48.8 Å². The highest BCUT2D eigenvalue weighted by Gasteiger charge is 2.16. The van der Waals surface area contributed by atoms with Crippen LogP contribution >= 0.6 is 0 Å². The van der Waals surface area contributed by atoms with E-state index in [9.17, 15) is 9.18 Å². The molecule has 0 spiro atoms. The Labute approximate surface area is 163 Å². The number of amides is 1. The number of fused-ring (bicyclic) bond motifs is 1. The summed E-state index contributed by atoms with van der Waals surface area (Å²) in [7, 11) is 2.00. The average molecular weight is 376 g/mol. The zero-order valence-corrected chi connectivity index (χ0v) is 17.4. The van der Waals surface area contributed by atoms with Crippen LogP contribution in [0.25, 0.3) is 0 Å². The molecule has 1 aliphatic heterocycles. The second-order valence-corrected chi connectivity index (χ2v) is 6.32. The van der Waals surface area contributed by atoms with Crippen LogP contribution in [0.1, 0.15) is 51.8 Å². The highest BCUT2D eigenvalue weighted by atomic mass is 19.1. The van der Waals surface area contributed by atoms with Gasteiger partial charge in [-0.1, -0.05) is 58.9 Å². The van der Waals surface area contributed by atoms with Crippen molar-refractivity contribution in [3.8, 4) is 0 Å². The van der Waals surface area contributed by atoms with Gasteiger partial charge in [-0.15, -0.1) is 0 Å². The third-order valence-corrected chi connectivity index (χ3v) is 3.98. The summed E-state index contributed by atoms with van der Waals surface area (Å²) in [6, 6.07) is 1.56. The van der Waals surface area contributed by atoms with Crippen LogP contribution in [0.4, 0.5) is 4.39 Å². The van der Waals surface area contributed by atoms with Crippen molar-refractivity contribution in [1.29, 1.82) is 0 Å². The Morgan fingerprint density at radius 3 is 2.63 bits per heavy atom. The third kappa shape index (κ3) is 9.85. The molecule has 0 bridgehead atoms. The van der Waals surface area contributed by atoms with Crippen LogP contribution in [0.3, 0.4) is 0 Å². The average Bonchev–Trinajstić information content (AvgIpc) is 3.01. The molecule has 1 N–H and O–H groups in total. The molecule has 1 unspecified atom stereocenters. The van der Waals surface area contributed by atoms with Crippen LogP contribution in [-0.2, 0) is 17.9 Å². The van der Waals surface area contributed by atoms with Gasteiger partial charge in [-0.2, -0.15) is 0 Å². The van der Waals surface area contributed by atoms with Gasteiger partial charge in [-0.05, 0) is 37.1 Å². The molecule has 1 aliphatic rings. The van der Waals surface area contributed by atoms with E-state index in [1.165, 1.54) is 6.20 Å². The summed E-state index contributed by atoms with van der Waals surface area (Å²) >= 11 is 0. The molecule has 0 radical (unpaired) electrons. The van der Waals surface area contributed by atoms with E-state index in [0.717, 1.165) is 42.8 Å². The number of pyridine rings is 1. The van der Waals surface area contributed by atoms with E-state index in [1.54, 1.807) is 12.1 Å². The molecule has 1 atom stereocenters. The number of halogens is 1. The fraction of sp³-hybridized carbons (Fsp3) is 0.455. The van der Waals surface area contributed by atoms with Gasteiger partial charge in [0.15, 0.2) is 0 Å². The second kappa shape index (κ2) is 13.9. The molecule has 150 valence electrons. The number of carbonyl (C=O) groups is 1. The minimum absolute atomic E-state index is 0.237. The highest BCUT2D eigenvalue weighted by molar-refractivity contribution is 5.51. The fourth-order valence-corrected chi connectivity index (χ4v) is 2.51. The molecule has 27 heavy (non-hydrogen) atoms. The lowest BCUT2D eigenvalue weighted by molar-refractivity contribution is -0.108. The van der Waals surface area contributed by atoms with E-state index in [4.69, 9.17) is 0 Å². The standard InChI is InChI=1S/C12H19NO.C8H9FN2.C2H6/c1-5-6-10(2)11(3)7-8-12(4)13-9-14;1-11-4-6-2-7(9)3-10-8(6)5-11;1-2/h7-10H,3-6H2,1-2H3,(H,13,14);2-3H,4-5H2,1H3;1-2H3/b8-7-;;. The summed E-state index contributed by atoms with van der Waals surface area (Å²) < 4.78 is 12.6. The number of nitrogens with one attached hydrogen (secondary N) is 1. The van der Waals surface area contributed by atoms with Gasteiger partial charge in [0.25, 0.3) is 0 Å². The molecule has 1 aromatic rings. The number of allylic oxidation sites excluding steroid dienone is 3. The van der Waals surface area contributed by atoms with E-state index in [0.29, 0.717) is 18.0 Å². The minimum atomic E-state index is -0.237. The van der Waals surface area contributed by atoms with Gasteiger partial charge in [0.2, 0.25) is 6.41 Å². The molecule has 0 aromatic carbocycles. The molecule has 0 aliphatic carbocycles. The number of hydrogen-bond acceptors (Lipinski definition) is 3. The maximum absolute atomic E-state index is 12.6. The largest absolute Gasteiger partial charge is 0.329 e. The lowest BCUT2D eigenvalue weighted by atomic mass is 9.97. The summed E-state index contributed by atoms with van der Waals surface area (Å²) in [5.41, 5.74) is 3.69. The maximum Gasteiger partial charge on any atom is 0.211 e. The first-order chi connectivity index (χ1) is 12.9. The summed E-state index contributed by atoms with van der Waals surface area (Å²) in [6.07, 6.45) is 7.85. The summed E-state index contributed by atoms with van der Waals surface area (Å²) in [4.78, 5) is 16.2. The predicted octanol–water partition coefficient (Wildman–Crippen LogP) is 4.99. The van der Waals surface area contributed by atoms with Crippen LogP contribution in [0, 0.1) is 11.7 Å². The molecule has 5 heteroatoms. The minimum Gasteiger partial charge on any atom is -0.329 e. The monoisotopic (exact) mass is 375 g/mol. The number of rotatable bonds is 7. The van der Waals surface area contributed by atoms with Gasteiger partial charge in [0.05, 0.1) is 11.9 Å². The van der Waals surface area contributed by atoms with E-state index in [2.05, 4.69) is 42.2 Å². The van der Waals surface area contributed by atoms with Crippen molar-refractivity contribution in [2.75, 3.05) is 7.05 Å². The van der Waals surface area contributed by atoms with Crippen LogP contribution < -0.4 is 5.32 Å². The molecule has 2 rings (SSSR count). The van der Waals surface area contributed by atoms with Crippen molar-refractivity contribution in [1.82, 2.24) is 15.2 Å². The zero-order chi connectivity index (χ0) is 20.8. The predicted molar refractivity (Wildman–Crippen MR) is 111 cm³/mol. The summed E-state index contributed by atoms with van der Waals surface area (Å²) in [5, 5.41) is 2.47. The van der Waals surface area contributed by atoms with Crippen LogP contribution in [0.2, 0.25) is 0 Å². The first-order valence-electron chi connectivity index (χ1n) is 9.45. The summed E-state index contributed by atoms with van der Waals surface area (Å²) in [5.74, 6) is 0.249. The van der Waals surface area contributed by atoms with Gasteiger partial charge in [0.1, 0.15) is 5.82 Å². The Hall–Kier alpha value is -2.27. The Morgan fingerprint density at radius 2 is 2.04 bits per heavy atom. The van der Waals surface area contributed by atoms with Gasteiger partial charge in [-0.25, -0.2) is 4.39 Å². The summed E-state index contributed by atoms with van der Waals surface area (Å²) in [6.45, 7) is 17.6. The van der Waals surface area contributed by atoms with E-state index < -0.39 is 0 Å². The van der Waals surface area contributed by atoms with E-state index >= 15 is 0 Å². The topological polar surface area (TPSA) is 45.2 Å². The zero-order valence-electron chi connectivity index (χ0n) is 17.4. The molecule has 4 nitrogen and oxygen atoms in total. The molecule has 2 heterocycles. The number of carbonyl (C=O) groups excluding carboxylic acids is 1. The number of nitrogens with zero attached hydrogens (tertiary/aromatic N) is 2. The van der Waals surface area contributed by atoms with Crippen molar-refractivity contribution in [2.45, 2.75) is 53.6 Å². The Kier molecular flexibility index (Phi) is 12.7. The third-order valence-electron chi connectivity index (χ3n) is 3.98. The molecule has 0 fully saturated rings. The Morgan fingerprint density at radius 1 is 1.37 bits per heavy atom. The molecule has 0 saturated carbocycles. The first-order valence-corrected chi connectivity index (χ1v) is 9.45.